The molecule has 0 aromatic heterocycles. The van der Waals surface area contributed by atoms with Gasteiger partial charge in [-0.15, -0.1) is 0 Å². The normalized spacial score (nSPS) is 9.45. The van der Waals surface area contributed by atoms with E-state index in [0.717, 1.165) is 31.4 Å². The molecule has 0 atom stereocenters. The zero-order chi connectivity index (χ0) is 17.0. The minimum Gasteiger partial charge on any atom is -0.480 e. The van der Waals surface area contributed by atoms with E-state index in [4.69, 9.17) is 38.3 Å². The number of oxime groups is 1. The Hall–Kier alpha value is -1.46. The van der Waals surface area contributed by atoms with Crippen molar-refractivity contribution in [2.45, 2.75) is 39.5 Å². The molecule has 0 fully saturated rings. The minimum atomic E-state index is -1.05. The Morgan fingerprint density at radius 2 is 1.82 bits per heavy atom. The number of rotatable bonds is 7. The van der Waals surface area contributed by atoms with Gasteiger partial charge in [-0.2, -0.15) is 0 Å². The summed E-state index contributed by atoms with van der Waals surface area (Å²) >= 11 is 11.3. The second kappa shape index (κ2) is 12.1. The summed E-state index contributed by atoms with van der Waals surface area (Å²) in [6, 6.07) is 4.58. The van der Waals surface area contributed by atoms with E-state index in [1.165, 1.54) is 12.1 Å². The summed E-state index contributed by atoms with van der Waals surface area (Å²) in [5.74, 6) is -0.737. The number of halogens is 2. The van der Waals surface area contributed by atoms with Gasteiger partial charge in [0.25, 0.3) is 0 Å². The second-order valence-corrected chi connectivity index (χ2v) is 5.27. The summed E-state index contributed by atoms with van der Waals surface area (Å²) in [6.45, 7) is 3.75. The molecule has 1 aromatic carbocycles. The van der Waals surface area contributed by atoms with Gasteiger partial charge in [-0.3, -0.25) is 0 Å². The van der Waals surface area contributed by atoms with Crippen LogP contribution in [0, 0.1) is 0 Å². The third kappa shape index (κ3) is 9.47. The van der Waals surface area contributed by atoms with Gasteiger partial charge in [-0.05, 0) is 31.0 Å². The van der Waals surface area contributed by atoms with Crippen LogP contribution in [0.1, 0.15) is 39.5 Å². The fraction of sp³-hybridized carbons (Fsp3) is 0.467. The van der Waals surface area contributed by atoms with Crippen molar-refractivity contribution in [2.24, 2.45) is 5.16 Å². The Morgan fingerprint density at radius 1 is 1.23 bits per heavy atom. The van der Waals surface area contributed by atoms with Crippen LogP contribution in [0.15, 0.2) is 23.4 Å². The lowest BCUT2D eigenvalue weighted by molar-refractivity contribution is -0.139. The molecule has 0 amide bonds. The molecule has 1 aromatic rings. The lowest BCUT2D eigenvalue weighted by Gasteiger charge is -2.04. The molecule has 0 aliphatic heterocycles. The first-order valence-corrected chi connectivity index (χ1v) is 7.69. The molecule has 2 N–H and O–H groups in total. The van der Waals surface area contributed by atoms with E-state index < -0.39 is 12.6 Å². The Bertz CT molecular complexity index is 484. The first-order valence-electron chi connectivity index (χ1n) is 6.94. The number of carbonyl (C=O) groups is 1. The van der Waals surface area contributed by atoms with Crippen LogP contribution < -0.4 is 4.74 Å². The fourth-order valence-corrected chi connectivity index (χ4v) is 2.00. The van der Waals surface area contributed by atoms with Crippen molar-refractivity contribution in [1.29, 1.82) is 0 Å². The summed E-state index contributed by atoms with van der Waals surface area (Å²) in [5.41, 5.74) is 0.931. The topological polar surface area (TPSA) is 79.1 Å². The van der Waals surface area contributed by atoms with Crippen LogP contribution >= 0.6 is 23.2 Å². The maximum absolute atomic E-state index is 10.2. The summed E-state index contributed by atoms with van der Waals surface area (Å²) in [5, 5.41) is 20.7. The lowest BCUT2D eigenvalue weighted by Crippen LogP contribution is -2.09. The molecule has 0 saturated heterocycles. The van der Waals surface area contributed by atoms with Crippen LogP contribution in [0.5, 0.6) is 5.75 Å². The van der Waals surface area contributed by atoms with E-state index in [1.807, 2.05) is 0 Å². The number of nitrogens with zero attached hydrogens (tertiary/aromatic N) is 1. The molecule has 22 heavy (non-hydrogen) atoms. The van der Waals surface area contributed by atoms with Gasteiger partial charge in [0, 0.05) is 5.02 Å². The number of ether oxygens (including phenoxy) is 1. The van der Waals surface area contributed by atoms with E-state index in [1.54, 1.807) is 6.07 Å². The molecule has 124 valence electrons. The number of carboxylic acids is 1. The van der Waals surface area contributed by atoms with Gasteiger partial charge in [-0.25, -0.2) is 4.79 Å². The van der Waals surface area contributed by atoms with Gasteiger partial charge < -0.3 is 15.1 Å². The van der Waals surface area contributed by atoms with E-state index in [0.29, 0.717) is 15.8 Å². The van der Waals surface area contributed by atoms with E-state index >= 15 is 0 Å². The average molecular weight is 350 g/mol. The van der Waals surface area contributed by atoms with Crippen LogP contribution in [0.3, 0.4) is 0 Å². The zero-order valence-corrected chi connectivity index (χ0v) is 14.2. The Labute approximate surface area is 140 Å². The molecule has 7 heteroatoms. The van der Waals surface area contributed by atoms with Gasteiger partial charge >= 0.3 is 5.97 Å². The number of carboxylic acid groups (broad SMARTS) is 1. The molecule has 0 aliphatic carbocycles. The van der Waals surface area contributed by atoms with E-state index in [9.17, 15) is 4.79 Å². The van der Waals surface area contributed by atoms with Crippen LogP contribution in [-0.4, -0.2) is 28.6 Å². The van der Waals surface area contributed by atoms with Crippen LogP contribution in [-0.2, 0) is 4.79 Å². The Kier molecular flexibility index (Phi) is 11.3. The van der Waals surface area contributed by atoms with Crippen LogP contribution in [0.25, 0.3) is 0 Å². The summed E-state index contributed by atoms with van der Waals surface area (Å²) in [4.78, 5) is 10.2. The Morgan fingerprint density at radius 3 is 2.23 bits per heavy atom. The molecule has 0 heterocycles. The van der Waals surface area contributed by atoms with Crippen molar-refractivity contribution in [1.82, 2.24) is 0 Å². The molecule has 0 saturated carbocycles. The number of benzene rings is 1. The number of hydrogen-bond acceptors (Lipinski definition) is 4. The molecule has 0 bridgehead atoms. The highest BCUT2D eigenvalue weighted by molar-refractivity contribution is 6.35. The van der Waals surface area contributed by atoms with Gasteiger partial charge in [0.15, 0.2) is 6.61 Å². The van der Waals surface area contributed by atoms with E-state index in [2.05, 4.69) is 19.0 Å². The molecule has 1 rings (SSSR count). The monoisotopic (exact) mass is 349 g/mol. The van der Waals surface area contributed by atoms with Gasteiger partial charge in [0.1, 0.15) is 5.75 Å². The predicted octanol–water partition coefficient (Wildman–Crippen LogP) is 4.87. The highest BCUT2D eigenvalue weighted by Gasteiger charge is 2.04. The van der Waals surface area contributed by atoms with Gasteiger partial charge in [-0.1, -0.05) is 55.0 Å². The standard InChI is InChI=1S/C8H6Cl2O3.C7H15NO/c9-5-1-2-7(6(10)3-5)13-4-8(11)12;1-3-5-7(8-9)6-4-2/h1-3H,4H2,(H,11,12);9H,3-6H2,1-2H3. The fourth-order valence-electron chi connectivity index (χ4n) is 1.53. The van der Waals surface area contributed by atoms with Gasteiger partial charge in [0.2, 0.25) is 0 Å². The number of aliphatic carboxylic acids is 1. The van der Waals surface area contributed by atoms with Crippen LogP contribution in [0.2, 0.25) is 10.0 Å². The molecule has 0 radical (unpaired) electrons. The van der Waals surface area contributed by atoms with Gasteiger partial charge in [0.05, 0.1) is 10.7 Å². The van der Waals surface area contributed by atoms with E-state index in [-0.39, 0.29) is 0 Å². The third-order valence-electron chi connectivity index (χ3n) is 2.46. The molecule has 0 unspecified atom stereocenters. The molecular formula is C15H21Cl2NO4. The van der Waals surface area contributed by atoms with Crippen molar-refractivity contribution in [3.63, 3.8) is 0 Å². The second-order valence-electron chi connectivity index (χ2n) is 4.42. The highest BCUT2D eigenvalue weighted by atomic mass is 35.5. The SMILES string of the molecule is CCCC(CCC)=NO.O=C(O)COc1ccc(Cl)cc1Cl. The third-order valence-corrected chi connectivity index (χ3v) is 2.99. The summed E-state index contributed by atoms with van der Waals surface area (Å²) in [7, 11) is 0. The smallest absolute Gasteiger partial charge is 0.341 e. The molecule has 5 nitrogen and oxygen atoms in total. The molecule has 0 spiro atoms. The van der Waals surface area contributed by atoms with Crippen LogP contribution in [0.4, 0.5) is 0 Å². The zero-order valence-electron chi connectivity index (χ0n) is 12.7. The number of hydrogen-bond donors (Lipinski definition) is 2. The highest BCUT2D eigenvalue weighted by Crippen LogP contribution is 2.27. The first kappa shape index (κ1) is 20.5. The summed E-state index contributed by atoms with van der Waals surface area (Å²) in [6.07, 6.45) is 4.01. The van der Waals surface area contributed by atoms with Crippen molar-refractivity contribution in [2.75, 3.05) is 6.61 Å². The average Bonchev–Trinajstić information content (AvgIpc) is 2.46. The molecular weight excluding hydrogens is 329 g/mol. The Balaban J connectivity index is 0.000000433. The first-order chi connectivity index (χ1) is 10.4. The maximum atomic E-state index is 10.2. The lowest BCUT2D eigenvalue weighted by atomic mass is 10.1. The predicted molar refractivity (Wildman–Crippen MR) is 88.6 cm³/mol. The minimum absolute atomic E-state index is 0.300. The van der Waals surface area contributed by atoms with Crippen molar-refractivity contribution in [3.8, 4) is 5.75 Å². The summed E-state index contributed by atoms with van der Waals surface area (Å²) < 4.78 is 4.86. The van der Waals surface area contributed by atoms with Crippen molar-refractivity contribution >= 4 is 34.9 Å². The largest absolute Gasteiger partial charge is 0.480 e. The molecule has 0 aliphatic rings. The quantitative estimate of drug-likeness (QED) is 0.418. The van der Waals surface area contributed by atoms with Crippen molar-refractivity contribution in [3.05, 3.63) is 28.2 Å². The maximum Gasteiger partial charge on any atom is 0.341 e. The van der Waals surface area contributed by atoms with Crippen molar-refractivity contribution < 1.29 is 19.8 Å².